The van der Waals surface area contributed by atoms with Crippen LogP contribution in [0.4, 0.5) is 0 Å². The number of hydrogen-bond acceptors (Lipinski definition) is 4. The fraction of sp³-hybridized carbons (Fsp3) is 0.571. The summed E-state index contributed by atoms with van der Waals surface area (Å²) in [7, 11) is 0. The molecule has 7 heteroatoms. The SMILES string of the molecule is CC[C@@H](C)[C@H]([NH3+])C(=O)N1CCC(C(=O)N[C@H](Cc2ccccc2)C(=O)[O-])CC1. The van der Waals surface area contributed by atoms with Gasteiger partial charge in [0.05, 0.1) is 12.0 Å². The molecule has 1 saturated heterocycles. The first-order valence-electron chi connectivity index (χ1n) is 10.0. The first-order valence-corrected chi connectivity index (χ1v) is 10.0. The van der Waals surface area contributed by atoms with E-state index >= 15 is 0 Å². The van der Waals surface area contributed by atoms with Crippen molar-refractivity contribution >= 4 is 17.8 Å². The zero-order chi connectivity index (χ0) is 20.7. The molecule has 1 heterocycles. The lowest BCUT2D eigenvalue weighted by Gasteiger charge is -2.33. The lowest BCUT2D eigenvalue weighted by atomic mass is 9.93. The highest BCUT2D eigenvalue weighted by molar-refractivity contribution is 5.85. The average molecular weight is 389 g/mol. The van der Waals surface area contributed by atoms with Crippen molar-refractivity contribution in [2.24, 2.45) is 11.8 Å². The molecule has 1 fully saturated rings. The van der Waals surface area contributed by atoms with Crippen molar-refractivity contribution < 1.29 is 25.2 Å². The summed E-state index contributed by atoms with van der Waals surface area (Å²) >= 11 is 0. The molecule has 154 valence electrons. The van der Waals surface area contributed by atoms with Crippen LogP contribution in [0, 0.1) is 11.8 Å². The molecule has 2 amide bonds. The number of nitrogens with zero attached hydrogens (tertiary/aromatic N) is 1. The Morgan fingerprint density at radius 1 is 1.21 bits per heavy atom. The summed E-state index contributed by atoms with van der Waals surface area (Å²) in [4.78, 5) is 38.3. The highest BCUT2D eigenvalue weighted by Gasteiger charge is 2.33. The number of carbonyl (C=O) groups is 3. The maximum Gasteiger partial charge on any atom is 0.281 e. The zero-order valence-corrected chi connectivity index (χ0v) is 16.7. The monoisotopic (exact) mass is 389 g/mol. The third kappa shape index (κ3) is 5.79. The summed E-state index contributed by atoms with van der Waals surface area (Å²) in [5, 5.41) is 14.1. The standard InChI is InChI=1S/C21H31N3O4/c1-3-14(2)18(22)20(26)24-11-9-16(10-12-24)19(25)23-17(21(27)28)13-15-7-5-4-6-8-15/h4-8,14,16-18H,3,9-13,22H2,1-2H3,(H,23,25)(H,27,28)/t14-,17-,18+/m1/s1. The molecule has 3 atom stereocenters. The number of nitrogens with one attached hydrogen (secondary N) is 1. The summed E-state index contributed by atoms with van der Waals surface area (Å²) in [6.45, 7) is 5.04. The van der Waals surface area contributed by atoms with Crippen LogP contribution >= 0.6 is 0 Å². The smallest absolute Gasteiger partial charge is 0.281 e. The Hall–Kier alpha value is -2.41. The van der Waals surface area contributed by atoms with Crippen LogP contribution in [0.1, 0.15) is 38.7 Å². The minimum Gasteiger partial charge on any atom is -0.548 e. The van der Waals surface area contributed by atoms with Crippen molar-refractivity contribution in [1.29, 1.82) is 0 Å². The Kier molecular flexibility index (Phi) is 7.99. The topological polar surface area (TPSA) is 117 Å². The second-order valence-electron chi connectivity index (χ2n) is 7.66. The highest BCUT2D eigenvalue weighted by Crippen LogP contribution is 2.19. The third-order valence-electron chi connectivity index (χ3n) is 5.71. The summed E-state index contributed by atoms with van der Waals surface area (Å²) in [5.74, 6) is -1.63. The van der Waals surface area contributed by atoms with Gasteiger partial charge in [0.1, 0.15) is 0 Å². The van der Waals surface area contributed by atoms with Crippen molar-refractivity contribution in [2.45, 2.75) is 51.6 Å². The van der Waals surface area contributed by atoms with Gasteiger partial charge in [-0.1, -0.05) is 44.2 Å². The van der Waals surface area contributed by atoms with Crippen LogP contribution in [0.5, 0.6) is 0 Å². The normalized spacial score (nSPS) is 18.2. The number of benzene rings is 1. The van der Waals surface area contributed by atoms with Crippen LogP contribution in [0.2, 0.25) is 0 Å². The molecule has 0 aromatic heterocycles. The highest BCUT2D eigenvalue weighted by atomic mass is 16.4. The van der Waals surface area contributed by atoms with Crippen LogP contribution in [0.25, 0.3) is 0 Å². The predicted octanol–water partition coefficient (Wildman–Crippen LogP) is -0.641. The molecule has 28 heavy (non-hydrogen) atoms. The maximum absolute atomic E-state index is 12.6. The fourth-order valence-corrected chi connectivity index (χ4v) is 3.46. The molecule has 0 spiro atoms. The number of hydrogen-bond donors (Lipinski definition) is 2. The predicted molar refractivity (Wildman–Crippen MR) is 103 cm³/mol. The molecular formula is C21H31N3O4. The molecule has 2 rings (SSSR count). The van der Waals surface area contributed by atoms with E-state index < -0.39 is 12.0 Å². The lowest BCUT2D eigenvalue weighted by molar-refractivity contribution is -0.417. The van der Waals surface area contributed by atoms with Crippen LogP contribution < -0.4 is 16.2 Å². The van der Waals surface area contributed by atoms with Crippen LogP contribution in [-0.4, -0.2) is 47.9 Å². The van der Waals surface area contributed by atoms with E-state index in [0.717, 1.165) is 12.0 Å². The third-order valence-corrected chi connectivity index (χ3v) is 5.71. The molecular weight excluding hydrogens is 358 g/mol. The van der Waals surface area contributed by atoms with Crippen LogP contribution in [-0.2, 0) is 20.8 Å². The molecule has 4 N–H and O–H groups in total. The summed E-state index contributed by atoms with van der Waals surface area (Å²) in [6.07, 6.45) is 2.13. The first kappa shape index (κ1) is 21.9. The van der Waals surface area contributed by atoms with Gasteiger partial charge < -0.3 is 25.9 Å². The van der Waals surface area contributed by atoms with Gasteiger partial charge in [-0.2, -0.15) is 0 Å². The van der Waals surface area contributed by atoms with Crippen molar-refractivity contribution in [3.8, 4) is 0 Å². The maximum atomic E-state index is 12.6. The number of aliphatic carboxylic acids is 1. The average Bonchev–Trinajstić information content (AvgIpc) is 2.72. The molecule has 7 nitrogen and oxygen atoms in total. The Morgan fingerprint density at radius 2 is 1.82 bits per heavy atom. The summed E-state index contributed by atoms with van der Waals surface area (Å²) in [5.41, 5.74) is 4.82. The zero-order valence-electron chi connectivity index (χ0n) is 16.7. The van der Waals surface area contributed by atoms with Crippen LogP contribution in [0.15, 0.2) is 30.3 Å². The van der Waals surface area contributed by atoms with E-state index in [2.05, 4.69) is 11.1 Å². The first-order chi connectivity index (χ1) is 13.3. The minimum atomic E-state index is -1.29. The Bertz CT molecular complexity index is 671. The second kappa shape index (κ2) is 10.2. The Labute approximate surface area is 166 Å². The van der Waals surface area contributed by atoms with E-state index in [1.807, 2.05) is 44.2 Å². The van der Waals surface area contributed by atoms with Gasteiger partial charge in [-0.3, -0.25) is 9.59 Å². The number of carbonyl (C=O) groups excluding carboxylic acids is 3. The number of rotatable bonds is 8. The van der Waals surface area contributed by atoms with E-state index in [1.54, 1.807) is 4.90 Å². The molecule has 1 aromatic carbocycles. The Morgan fingerprint density at radius 3 is 2.36 bits per heavy atom. The molecule has 0 radical (unpaired) electrons. The van der Waals surface area contributed by atoms with Crippen molar-refractivity contribution in [3.05, 3.63) is 35.9 Å². The number of quaternary nitrogens is 1. The van der Waals surface area contributed by atoms with E-state index in [4.69, 9.17) is 0 Å². The molecule has 1 aliphatic rings. The second-order valence-corrected chi connectivity index (χ2v) is 7.66. The number of carboxylic acid groups (broad SMARTS) is 1. The van der Waals surface area contributed by atoms with E-state index in [-0.39, 0.29) is 36.1 Å². The largest absolute Gasteiger partial charge is 0.548 e. The fourth-order valence-electron chi connectivity index (χ4n) is 3.46. The Balaban J connectivity index is 1.88. The van der Waals surface area contributed by atoms with Gasteiger partial charge in [0.15, 0.2) is 6.04 Å². The quantitative estimate of drug-likeness (QED) is 0.615. The van der Waals surface area contributed by atoms with Gasteiger partial charge in [0.25, 0.3) is 5.91 Å². The molecule has 1 aromatic rings. The van der Waals surface area contributed by atoms with Crippen LogP contribution in [0.3, 0.4) is 0 Å². The van der Waals surface area contributed by atoms with Gasteiger partial charge in [0, 0.05) is 24.9 Å². The molecule has 0 aliphatic carbocycles. The van der Waals surface area contributed by atoms with E-state index in [0.29, 0.717) is 25.9 Å². The van der Waals surface area contributed by atoms with Crippen molar-refractivity contribution in [2.75, 3.05) is 13.1 Å². The molecule has 0 unspecified atom stereocenters. The summed E-state index contributed by atoms with van der Waals surface area (Å²) < 4.78 is 0. The number of carboxylic acids is 1. The minimum absolute atomic E-state index is 0.0323. The van der Waals surface area contributed by atoms with Gasteiger partial charge >= 0.3 is 0 Å². The van der Waals surface area contributed by atoms with Gasteiger partial charge in [-0.05, 0) is 31.2 Å². The number of piperidine rings is 1. The van der Waals surface area contributed by atoms with Gasteiger partial charge in [-0.25, -0.2) is 0 Å². The van der Waals surface area contributed by atoms with Gasteiger partial charge in [-0.15, -0.1) is 0 Å². The summed E-state index contributed by atoms with van der Waals surface area (Å²) in [6, 6.07) is 7.80. The van der Waals surface area contributed by atoms with Crippen molar-refractivity contribution in [1.82, 2.24) is 10.2 Å². The molecule has 0 bridgehead atoms. The molecule has 0 saturated carbocycles. The lowest BCUT2D eigenvalue weighted by Crippen LogP contribution is -2.70. The molecule has 1 aliphatic heterocycles. The number of amides is 2. The van der Waals surface area contributed by atoms with E-state index in [9.17, 15) is 19.5 Å². The van der Waals surface area contributed by atoms with Gasteiger partial charge in [0.2, 0.25) is 5.91 Å². The van der Waals surface area contributed by atoms with Crippen molar-refractivity contribution in [3.63, 3.8) is 0 Å². The number of likely N-dealkylation sites (tertiary alicyclic amines) is 1. The van der Waals surface area contributed by atoms with E-state index in [1.165, 1.54) is 0 Å².